The molecule has 2 nitrogen and oxygen atoms in total. The first kappa shape index (κ1) is 10.3. The number of rotatable bonds is 0. The Bertz CT molecular complexity index is 72.0. The van der Waals surface area contributed by atoms with Gasteiger partial charge in [0.1, 0.15) is 0 Å². The fourth-order valence-corrected chi connectivity index (χ4v) is 1.41. The second-order valence-electron chi connectivity index (χ2n) is 2.29. The lowest BCUT2D eigenvalue weighted by Crippen LogP contribution is -2.31. The SMILES string of the molecule is CC.OC1CCCN(P)C1. The van der Waals surface area contributed by atoms with Crippen LogP contribution in [0.15, 0.2) is 0 Å². The molecular weight excluding hydrogens is 145 g/mol. The summed E-state index contributed by atoms with van der Waals surface area (Å²) in [6, 6.07) is 0. The van der Waals surface area contributed by atoms with Crippen molar-refractivity contribution in [2.45, 2.75) is 32.8 Å². The Morgan fingerprint density at radius 3 is 2.40 bits per heavy atom. The van der Waals surface area contributed by atoms with Crippen molar-refractivity contribution in [1.82, 2.24) is 4.67 Å². The maximum Gasteiger partial charge on any atom is 0.0670 e. The van der Waals surface area contributed by atoms with Crippen LogP contribution in [0.3, 0.4) is 0 Å². The Morgan fingerprint density at radius 1 is 1.50 bits per heavy atom. The van der Waals surface area contributed by atoms with Crippen LogP contribution in [0.25, 0.3) is 0 Å². The third-order valence-corrected chi connectivity index (χ3v) is 1.90. The van der Waals surface area contributed by atoms with Crippen LogP contribution in [0.5, 0.6) is 0 Å². The van der Waals surface area contributed by atoms with Crippen molar-refractivity contribution in [2.75, 3.05) is 13.1 Å². The van der Waals surface area contributed by atoms with E-state index in [1.54, 1.807) is 0 Å². The molecule has 0 aromatic heterocycles. The second kappa shape index (κ2) is 6.09. The molecule has 0 spiro atoms. The summed E-state index contributed by atoms with van der Waals surface area (Å²) in [5, 5.41) is 9.02. The first-order valence-electron chi connectivity index (χ1n) is 3.97. The van der Waals surface area contributed by atoms with Gasteiger partial charge < -0.3 is 5.11 Å². The molecule has 1 aliphatic heterocycles. The molecule has 2 unspecified atom stereocenters. The Morgan fingerprint density at radius 2 is 2.10 bits per heavy atom. The summed E-state index contributed by atoms with van der Waals surface area (Å²) in [7, 11) is 2.60. The molecule has 62 valence electrons. The van der Waals surface area contributed by atoms with E-state index in [1.807, 2.05) is 13.8 Å². The molecule has 2 atom stereocenters. The molecule has 0 aromatic carbocycles. The highest BCUT2D eigenvalue weighted by molar-refractivity contribution is 7.13. The summed E-state index contributed by atoms with van der Waals surface area (Å²) in [5.41, 5.74) is 0. The lowest BCUT2D eigenvalue weighted by atomic mass is 10.1. The van der Waals surface area contributed by atoms with E-state index in [9.17, 15) is 0 Å². The van der Waals surface area contributed by atoms with Crippen molar-refractivity contribution in [1.29, 1.82) is 0 Å². The highest BCUT2D eigenvalue weighted by Crippen LogP contribution is 2.12. The summed E-state index contributed by atoms with van der Waals surface area (Å²) in [5.74, 6) is 0. The van der Waals surface area contributed by atoms with E-state index in [4.69, 9.17) is 5.11 Å². The van der Waals surface area contributed by atoms with Gasteiger partial charge in [0.2, 0.25) is 0 Å². The van der Waals surface area contributed by atoms with Gasteiger partial charge in [-0.1, -0.05) is 23.2 Å². The molecule has 0 saturated carbocycles. The third-order valence-electron chi connectivity index (χ3n) is 1.43. The van der Waals surface area contributed by atoms with Crippen molar-refractivity contribution in [2.24, 2.45) is 0 Å². The molecule has 1 rings (SSSR count). The molecule has 0 radical (unpaired) electrons. The van der Waals surface area contributed by atoms with Crippen LogP contribution in [0.1, 0.15) is 26.7 Å². The number of piperidine rings is 1. The fraction of sp³-hybridized carbons (Fsp3) is 1.00. The zero-order valence-corrected chi connectivity index (χ0v) is 8.03. The zero-order valence-electron chi connectivity index (χ0n) is 6.88. The van der Waals surface area contributed by atoms with Crippen molar-refractivity contribution < 1.29 is 5.11 Å². The van der Waals surface area contributed by atoms with Gasteiger partial charge in [0.15, 0.2) is 0 Å². The summed E-state index contributed by atoms with van der Waals surface area (Å²) in [6.07, 6.45) is 2.02. The predicted molar refractivity (Wildman–Crippen MR) is 47.9 cm³/mol. The average Bonchev–Trinajstić information content (AvgIpc) is 1.91. The lowest BCUT2D eigenvalue weighted by Gasteiger charge is -2.25. The Hall–Kier alpha value is 0.350. The molecule has 0 bridgehead atoms. The smallest absolute Gasteiger partial charge is 0.0670 e. The average molecular weight is 163 g/mol. The van der Waals surface area contributed by atoms with Gasteiger partial charge in [0.05, 0.1) is 6.10 Å². The molecule has 1 aliphatic rings. The maximum atomic E-state index is 9.02. The van der Waals surface area contributed by atoms with Crippen LogP contribution in [0.4, 0.5) is 0 Å². The van der Waals surface area contributed by atoms with Gasteiger partial charge >= 0.3 is 0 Å². The van der Waals surface area contributed by atoms with Crippen LogP contribution in [-0.2, 0) is 0 Å². The first-order chi connectivity index (χ1) is 4.79. The van der Waals surface area contributed by atoms with Gasteiger partial charge in [-0.2, -0.15) is 0 Å². The molecule has 1 fully saturated rings. The first-order valence-corrected chi connectivity index (χ1v) is 4.48. The zero-order chi connectivity index (χ0) is 7.98. The van der Waals surface area contributed by atoms with E-state index < -0.39 is 0 Å². The molecule has 1 saturated heterocycles. The van der Waals surface area contributed by atoms with E-state index >= 15 is 0 Å². The molecule has 1 N–H and O–H groups in total. The number of aliphatic hydroxyl groups excluding tert-OH is 1. The van der Waals surface area contributed by atoms with Crippen molar-refractivity contribution >= 4 is 9.39 Å². The normalized spacial score (nSPS) is 27.0. The minimum atomic E-state index is -0.0822. The van der Waals surface area contributed by atoms with Crippen molar-refractivity contribution in [3.05, 3.63) is 0 Å². The van der Waals surface area contributed by atoms with Gasteiger partial charge in [0, 0.05) is 13.1 Å². The monoisotopic (exact) mass is 163 g/mol. The minimum Gasteiger partial charge on any atom is -0.392 e. The number of β-amino-alcohol motifs (C(OH)–C–C–N with tert-alkyl or cyclic N) is 1. The van der Waals surface area contributed by atoms with E-state index in [0.29, 0.717) is 0 Å². The van der Waals surface area contributed by atoms with Crippen LogP contribution in [0.2, 0.25) is 0 Å². The summed E-state index contributed by atoms with van der Waals surface area (Å²) < 4.78 is 2.08. The van der Waals surface area contributed by atoms with Crippen LogP contribution < -0.4 is 0 Å². The third kappa shape index (κ3) is 4.21. The molecular formula is C7H18NOP. The largest absolute Gasteiger partial charge is 0.392 e. The van der Waals surface area contributed by atoms with Gasteiger partial charge in [0.25, 0.3) is 0 Å². The van der Waals surface area contributed by atoms with E-state index in [-0.39, 0.29) is 6.10 Å². The van der Waals surface area contributed by atoms with E-state index in [0.717, 1.165) is 25.9 Å². The van der Waals surface area contributed by atoms with E-state index in [1.165, 1.54) is 0 Å². The van der Waals surface area contributed by atoms with Crippen molar-refractivity contribution in [3.63, 3.8) is 0 Å². The van der Waals surface area contributed by atoms with E-state index in [2.05, 4.69) is 14.1 Å². The van der Waals surface area contributed by atoms with Gasteiger partial charge in [-0.15, -0.1) is 0 Å². The molecule has 0 aromatic rings. The Kier molecular flexibility index (Phi) is 6.30. The fourth-order valence-electron chi connectivity index (χ4n) is 0.983. The number of nitrogens with zero attached hydrogens (tertiary/aromatic N) is 1. The van der Waals surface area contributed by atoms with Gasteiger partial charge in [-0.3, -0.25) is 4.67 Å². The van der Waals surface area contributed by atoms with Crippen molar-refractivity contribution in [3.8, 4) is 0 Å². The number of aliphatic hydroxyl groups is 1. The van der Waals surface area contributed by atoms with Gasteiger partial charge in [-0.05, 0) is 12.8 Å². The molecule has 0 amide bonds. The standard InChI is InChI=1S/C5H12NOP.C2H6/c7-5-2-1-3-6(8)4-5;1-2/h5,7H,1-4,8H2;1-2H3. The summed E-state index contributed by atoms with van der Waals surface area (Å²) >= 11 is 0. The highest BCUT2D eigenvalue weighted by atomic mass is 31.0. The summed E-state index contributed by atoms with van der Waals surface area (Å²) in [4.78, 5) is 0. The van der Waals surface area contributed by atoms with Crippen LogP contribution in [0, 0.1) is 0 Å². The maximum absolute atomic E-state index is 9.02. The molecule has 10 heavy (non-hydrogen) atoms. The molecule has 3 heteroatoms. The Balaban J connectivity index is 0.000000371. The number of hydrogen-bond acceptors (Lipinski definition) is 2. The number of hydrogen-bond donors (Lipinski definition) is 1. The predicted octanol–water partition coefficient (Wildman–Crippen LogP) is 1.26. The summed E-state index contributed by atoms with van der Waals surface area (Å²) in [6.45, 7) is 5.94. The molecule has 1 heterocycles. The van der Waals surface area contributed by atoms with Crippen LogP contribution >= 0.6 is 9.39 Å². The minimum absolute atomic E-state index is 0.0822. The van der Waals surface area contributed by atoms with Crippen LogP contribution in [-0.4, -0.2) is 29.0 Å². The topological polar surface area (TPSA) is 23.5 Å². The Labute approximate surface area is 65.9 Å². The van der Waals surface area contributed by atoms with Gasteiger partial charge in [-0.25, -0.2) is 0 Å². The quantitative estimate of drug-likeness (QED) is 0.543. The molecule has 0 aliphatic carbocycles. The lowest BCUT2D eigenvalue weighted by molar-refractivity contribution is 0.112. The highest BCUT2D eigenvalue weighted by Gasteiger charge is 2.12. The second-order valence-corrected chi connectivity index (χ2v) is 3.02.